The van der Waals surface area contributed by atoms with Gasteiger partial charge < -0.3 is 28.6 Å². The summed E-state index contributed by atoms with van der Waals surface area (Å²) in [5.74, 6) is -4.83. The molecule has 4 saturated heterocycles. The average molecular weight is 809 g/mol. The van der Waals surface area contributed by atoms with Crippen LogP contribution >= 0.6 is 0 Å². The van der Waals surface area contributed by atoms with E-state index in [1.54, 1.807) is 26.8 Å². The van der Waals surface area contributed by atoms with Crippen LogP contribution in [0, 0.1) is 24.0 Å². The lowest BCUT2D eigenvalue weighted by molar-refractivity contribution is -0.136. The lowest BCUT2D eigenvalue weighted by Crippen LogP contribution is -2.72. The van der Waals surface area contributed by atoms with E-state index in [2.05, 4.69) is 20.9 Å². The van der Waals surface area contributed by atoms with Crippen LogP contribution in [0.1, 0.15) is 58.4 Å². The number of halogens is 5. The van der Waals surface area contributed by atoms with Crippen molar-refractivity contribution < 1.29 is 50.4 Å². The second kappa shape index (κ2) is 13.4. The molecule has 306 valence electrons. The van der Waals surface area contributed by atoms with Crippen LogP contribution in [0.2, 0.25) is 0 Å². The number of carbonyl (C=O) groups excluding carboxylic acids is 1. The molecule has 2 aromatic heterocycles. The van der Waals surface area contributed by atoms with Crippen LogP contribution in [0.5, 0.6) is 17.6 Å². The van der Waals surface area contributed by atoms with Crippen molar-refractivity contribution in [1.29, 1.82) is 0 Å². The van der Waals surface area contributed by atoms with Gasteiger partial charge in [-0.1, -0.05) is 12.0 Å². The number of rotatable bonds is 7. The highest BCUT2D eigenvalue weighted by atomic mass is 19.2. The minimum absolute atomic E-state index is 0.0140. The molecule has 0 unspecified atom stereocenters. The SMILES string of the molecule is C#Cc1c(F)ccc2cc(OCOC)cc(-c3nc4c5c(nc(OC[C@@]67CCCN6C[C@H](F)C7)nc5c3F)N3C[C@@]5(F)CC[C@@](F)([C@H]3CO4)N5C(=O)OC(C)(C)C)c12. The summed E-state index contributed by atoms with van der Waals surface area (Å²) in [4.78, 5) is 31.1. The van der Waals surface area contributed by atoms with E-state index in [4.69, 9.17) is 30.1 Å². The van der Waals surface area contributed by atoms with Gasteiger partial charge in [0, 0.05) is 43.9 Å². The van der Waals surface area contributed by atoms with Crippen LogP contribution < -0.4 is 19.1 Å². The fourth-order valence-electron chi connectivity index (χ4n) is 9.48. The summed E-state index contributed by atoms with van der Waals surface area (Å²) in [7, 11) is 1.42. The molecule has 4 fully saturated rings. The van der Waals surface area contributed by atoms with Gasteiger partial charge in [-0.25, -0.2) is 36.6 Å². The van der Waals surface area contributed by atoms with E-state index < -0.39 is 72.2 Å². The Bertz CT molecular complexity index is 2410. The fourth-order valence-corrected chi connectivity index (χ4v) is 9.48. The molecule has 2 aromatic carbocycles. The van der Waals surface area contributed by atoms with Crippen molar-refractivity contribution in [1.82, 2.24) is 24.8 Å². The Kier molecular flexibility index (Phi) is 8.86. The number of fused-ring (bicyclic) bond motifs is 7. The zero-order valence-electron chi connectivity index (χ0n) is 32.3. The van der Waals surface area contributed by atoms with E-state index >= 15 is 17.6 Å². The number of piperazine rings is 1. The fraction of sp³-hybridized carbons (Fsp3) is 0.512. The van der Waals surface area contributed by atoms with Crippen LogP contribution in [0.4, 0.5) is 32.6 Å². The largest absolute Gasteiger partial charge is 0.475 e. The third-order valence-electron chi connectivity index (χ3n) is 11.9. The molecule has 1 amide bonds. The molecule has 17 heteroatoms. The number of carbonyl (C=O) groups is 1. The first kappa shape index (κ1) is 38.3. The van der Waals surface area contributed by atoms with Gasteiger partial charge in [-0.15, -0.1) is 6.42 Å². The number of methoxy groups -OCH3 is 1. The number of hydrogen-bond acceptors (Lipinski definition) is 11. The van der Waals surface area contributed by atoms with Crippen LogP contribution in [-0.4, -0.2) is 113 Å². The number of amides is 1. The Hall–Kier alpha value is -5.21. The van der Waals surface area contributed by atoms with E-state index in [1.807, 2.05) is 4.90 Å². The topological polar surface area (TPSA) is 112 Å². The van der Waals surface area contributed by atoms with Gasteiger partial charge in [0.2, 0.25) is 17.5 Å². The highest BCUT2D eigenvalue weighted by molar-refractivity contribution is 6.04. The highest BCUT2D eigenvalue weighted by Crippen LogP contribution is 2.55. The maximum atomic E-state index is 17.7. The molecule has 5 aliphatic heterocycles. The van der Waals surface area contributed by atoms with Crippen molar-refractivity contribution in [3.63, 3.8) is 0 Å². The smallest absolute Gasteiger partial charge is 0.415 e. The van der Waals surface area contributed by atoms with Crippen molar-refractivity contribution in [2.24, 2.45) is 0 Å². The monoisotopic (exact) mass is 808 g/mol. The minimum atomic E-state index is -2.68. The van der Waals surface area contributed by atoms with Crippen molar-refractivity contribution in [2.45, 2.75) is 87.8 Å². The van der Waals surface area contributed by atoms with Crippen molar-refractivity contribution in [3.05, 3.63) is 41.5 Å². The lowest BCUT2D eigenvalue weighted by atomic mass is 9.95. The Morgan fingerprint density at radius 1 is 1.09 bits per heavy atom. The third-order valence-corrected chi connectivity index (χ3v) is 11.9. The molecule has 12 nitrogen and oxygen atoms in total. The summed E-state index contributed by atoms with van der Waals surface area (Å²) in [6, 6.07) is 3.92. The maximum absolute atomic E-state index is 17.7. The second-order valence-corrected chi connectivity index (χ2v) is 16.7. The molecule has 0 N–H and O–H groups in total. The summed E-state index contributed by atoms with van der Waals surface area (Å²) in [5.41, 5.74) is -2.62. The summed E-state index contributed by atoms with van der Waals surface area (Å²) in [6.45, 7) is 4.41. The molecule has 0 spiro atoms. The molecular formula is C41H41F5N6O6. The van der Waals surface area contributed by atoms with Gasteiger partial charge >= 0.3 is 12.1 Å². The normalized spacial score (nSPS) is 27.6. The van der Waals surface area contributed by atoms with E-state index in [9.17, 15) is 9.18 Å². The number of alkyl halides is 3. The van der Waals surface area contributed by atoms with Gasteiger partial charge in [-0.2, -0.15) is 9.97 Å². The third kappa shape index (κ3) is 5.92. The summed E-state index contributed by atoms with van der Waals surface area (Å²) in [6.07, 6.45) is 4.49. The summed E-state index contributed by atoms with van der Waals surface area (Å²) < 4.78 is 111. The second-order valence-electron chi connectivity index (χ2n) is 16.7. The van der Waals surface area contributed by atoms with E-state index in [0.29, 0.717) is 23.3 Å². The summed E-state index contributed by atoms with van der Waals surface area (Å²) >= 11 is 0. The predicted octanol–water partition coefficient (Wildman–Crippen LogP) is 6.99. The molecular weight excluding hydrogens is 767 g/mol. The van der Waals surface area contributed by atoms with Crippen molar-refractivity contribution in [3.8, 4) is 41.2 Å². The number of hydrogen-bond donors (Lipinski definition) is 0. The lowest BCUT2D eigenvalue weighted by Gasteiger charge is -2.51. The Labute approximate surface area is 330 Å². The van der Waals surface area contributed by atoms with Gasteiger partial charge in [0.05, 0.1) is 17.6 Å². The first-order valence-corrected chi connectivity index (χ1v) is 19.2. The number of terminal acetylenes is 1. The number of pyridine rings is 1. The van der Waals surface area contributed by atoms with Gasteiger partial charge in [0.15, 0.2) is 12.6 Å². The highest BCUT2D eigenvalue weighted by Gasteiger charge is 2.69. The molecule has 58 heavy (non-hydrogen) atoms. The van der Waals surface area contributed by atoms with E-state index in [0.717, 1.165) is 6.42 Å². The van der Waals surface area contributed by atoms with E-state index in [1.165, 1.54) is 30.2 Å². The molecule has 2 bridgehead atoms. The Morgan fingerprint density at radius 3 is 2.66 bits per heavy atom. The molecule has 5 atom stereocenters. The molecule has 5 aliphatic rings. The molecule has 0 saturated carbocycles. The minimum Gasteiger partial charge on any atom is -0.475 e. The number of benzene rings is 2. The molecule has 0 radical (unpaired) electrons. The number of anilines is 1. The van der Waals surface area contributed by atoms with Crippen LogP contribution in [-0.2, 0) is 9.47 Å². The summed E-state index contributed by atoms with van der Waals surface area (Å²) in [5, 5.41) is 0.416. The quantitative estimate of drug-likeness (QED) is 0.0835. The first-order chi connectivity index (χ1) is 27.6. The van der Waals surface area contributed by atoms with Gasteiger partial charge in [-0.05, 0) is 63.7 Å². The number of ether oxygens (including phenoxy) is 5. The number of aromatic nitrogens is 3. The molecule has 7 heterocycles. The van der Waals surface area contributed by atoms with Crippen molar-refractivity contribution >= 4 is 33.6 Å². The number of nitrogens with zero attached hydrogens (tertiary/aromatic N) is 6. The maximum Gasteiger partial charge on any atom is 0.415 e. The van der Waals surface area contributed by atoms with Crippen LogP contribution in [0.15, 0.2) is 24.3 Å². The van der Waals surface area contributed by atoms with Gasteiger partial charge in [0.1, 0.15) is 65.0 Å². The Morgan fingerprint density at radius 2 is 1.90 bits per heavy atom. The van der Waals surface area contributed by atoms with Gasteiger partial charge in [-0.3, -0.25) is 4.90 Å². The Balaban J connectivity index is 1.24. The van der Waals surface area contributed by atoms with Crippen LogP contribution in [0.25, 0.3) is 32.9 Å². The van der Waals surface area contributed by atoms with Crippen molar-refractivity contribution in [2.75, 3.05) is 51.7 Å². The standard InChI is InChI=1S/C41H41F5N6O6/c1-6-25-27(43)9-8-22-14-24(57-21-54-5)15-26(29(22)25)32-31(44)33-30-34(49-36(48-33)56-20-39-10-7-13-50(39)17-23(42)16-39)51-19-40(45)11-12-41(46,28(51)18-55-35(30)47-32)52(40)37(53)58-38(2,3)4/h1,8-9,14-15,23,28H,7,10-13,16-21H2,2-5H3/t23-,28-,39+,40-,41+/m1/s1. The van der Waals surface area contributed by atoms with Crippen LogP contribution in [0.3, 0.4) is 0 Å². The van der Waals surface area contributed by atoms with E-state index in [-0.39, 0.29) is 89.4 Å². The van der Waals surface area contributed by atoms with Gasteiger partial charge in [0.25, 0.3) is 0 Å². The average Bonchev–Trinajstić information content (AvgIpc) is 3.72. The predicted molar refractivity (Wildman–Crippen MR) is 201 cm³/mol. The first-order valence-electron chi connectivity index (χ1n) is 19.2. The molecule has 0 aliphatic carbocycles. The molecule has 9 rings (SSSR count). The zero-order valence-corrected chi connectivity index (χ0v) is 32.3. The zero-order chi connectivity index (χ0) is 40.9. The molecule has 4 aromatic rings.